The maximum absolute atomic E-state index is 11.7. The normalized spacial score (nSPS) is 13.0. The largest absolute Gasteiger partial charge is 0.374 e. The van der Waals surface area contributed by atoms with Gasteiger partial charge in [0.2, 0.25) is 0 Å². The molecule has 1 atom stereocenters. The summed E-state index contributed by atoms with van der Waals surface area (Å²) >= 11 is 1.50. The number of guanidine groups is 1. The number of aromatic nitrogens is 1. The molecule has 1 aromatic heterocycles. The zero-order valence-electron chi connectivity index (χ0n) is 18.9. The van der Waals surface area contributed by atoms with Crippen molar-refractivity contribution in [3.8, 4) is 0 Å². The summed E-state index contributed by atoms with van der Waals surface area (Å²) in [6, 6.07) is 14.9. The molecule has 8 nitrogen and oxygen atoms in total. The van der Waals surface area contributed by atoms with Crippen molar-refractivity contribution in [3.63, 3.8) is 0 Å². The van der Waals surface area contributed by atoms with E-state index in [1.54, 1.807) is 26.1 Å². The van der Waals surface area contributed by atoms with E-state index in [1.807, 2.05) is 36.4 Å². The topological polar surface area (TPSA) is 130 Å². The van der Waals surface area contributed by atoms with Crippen LogP contribution in [0.15, 0.2) is 58.4 Å². The first kappa shape index (κ1) is 24.7. The number of aliphatic hydroxyl groups excluding tert-OH is 1. The van der Waals surface area contributed by atoms with Gasteiger partial charge in [-0.1, -0.05) is 24.3 Å². The average molecular weight is 488 g/mol. The van der Waals surface area contributed by atoms with Crippen molar-refractivity contribution in [2.24, 2.45) is 10.7 Å². The van der Waals surface area contributed by atoms with Gasteiger partial charge in [0.15, 0.2) is 20.9 Å². The van der Waals surface area contributed by atoms with Crippen molar-refractivity contribution in [2.45, 2.75) is 37.3 Å². The Kier molecular flexibility index (Phi) is 8.06. The molecule has 176 valence electrons. The molecule has 0 bridgehead atoms. The highest BCUT2D eigenvalue weighted by Gasteiger charge is 2.14. The summed E-state index contributed by atoms with van der Waals surface area (Å²) in [6.45, 7) is 1.65. The lowest BCUT2D eigenvalue weighted by Crippen LogP contribution is -2.21. The van der Waals surface area contributed by atoms with Crippen LogP contribution in [-0.4, -0.2) is 44.0 Å². The van der Waals surface area contributed by atoms with Crippen LogP contribution in [0.2, 0.25) is 0 Å². The number of thiazole rings is 1. The molecule has 0 aliphatic rings. The summed E-state index contributed by atoms with van der Waals surface area (Å²) < 4.78 is 23.4. The monoisotopic (exact) mass is 487 g/mol. The Labute approximate surface area is 198 Å². The molecule has 5 N–H and O–H groups in total. The van der Waals surface area contributed by atoms with Crippen LogP contribution in [-0.2, 0) is 29.1 Å². The molecular weight excluding hydrogens is 458 g/mol. The Balaban J connectivity index is 1.74. The van der Waals surface area contributed by atoms with Crippen LogP contribution < -0.4 is 16.4 Å². The van der Waals surface area contributed by atoms with E-state index >= 15 is 0 Å². The molecule has 2 aromatic carbocycles. The minimum Gasteiger partial charge on any atom is -0.374 e. The molecule has 0 saturated heterocycles. The zero-order chi connectivity index (χ0) is 24.0. The van der Waals surface area contributed by atoms with Gasteiger partial charge in [-0.25, -0.2) is 13.4 Å². The second-order valence-corrected chi connectivity index (χ2v) is 10.8. The number of aliphatic hydroxyl groups is 1. The van der Waals surface area contributed by atoms with Crippen LogP contribution in [0.1, 0.15) is 28.6 Å². The number of hydrogen-bond acceptors (Lipinski definition) is 7. The van der Waals surface area contributed by atoms with E-state index in [0.29, 0.717) is 22.4 Å². The van der Waals surface area contributed by atoms with Crippen molar-refractivity contribution in [2.75, 3.05) is 23.9 Å². The predicted molar refractivity (Wildman–Crippen MR) is 135 cm³/mol. The third-order valence-corrected chi connectivity index (χ3v) is 7.10. The van der Waals surface area contributed by atoms with E-state index in [2.05, 4.69) is 15.6 Å². The van der Waals surface area contributed by atoms with Crippen molar-refractivity contribution in [1.29, 1.82) is 0 Å². The van der Waals surface area contributed by atoms with Crippen LogP contribution in [0, 0.1) is 0 Å². The summed E-state index contributed by atoms with van der Waals surface area (Å²) in [5.74, 6) is 0.359. The molecule has 0 aliphatic carbocycles. The number of anilines is 2. The first-order valence-corrected chi connectivity index (χ1v) is 13.1. The minimum absolute atomic E-state index is 0.303. The highest BCUT2D eigenvalue weighted by atomic mass is 32.2. The average Bonchev–Trinajstić information content (AvgIpc) is 3.13. The minimum atomic E-state index is -3.23. The van der Waals surface area contributed by atoms with Gasteiger partial charge in [-0.2, -0.15) is 0 Å². The van der Waals surface area contributed by atoms with Gasteiger partial charge in [-0.05, 0) is 55.2 Å². The smallest absolute Gasteiger partial charge is 0.192 e. The molecular formula is C23H29N5O3S2. The van der Waals surface area contributed by atoms with E-state index in [4.69, 9.17) is 10.7 Å². The van der Waals surface area contributed by atoms with Crippen molar-refractivity contribution < 1.29 is 13.5 Å². The highest BCUT2D eigenvalue weighted by molar-refractivity contribution is 7.90. The lowest BCUT2D eigenvalue weighted by atomic mass is 10.0. The van der Waals surface area contributed by atoms with Crippen molar-refractivity contribution in [1.82, 2.24) is 4.98 Å². The number of nitrogens with one attached hydrogen (secondary N) is 2. The van der Waals surface area contributed by atoms with Gasteiger partial charge in [-0.15, -0.1) is 11.3 Å². The molecule has 1 heterocycles. The fourth-order valence-electron chi connectivity index (χ4n) is 3.22. The lowest BCUT2D eigenvalue weighted by molar-refractivity contribution is 0.224. The van der Waals surface area contributed by atoms with Gasteiger partial charge in [0.1, 0.15) is 6.23 Å². The summed E-state index contributed by atoms with van der Waals surface area (Å²) in [5, 5.41) is 16.3. The summed E-state index contributed by atoms with van der Waals surface area (Å²) in [6.07, 6.45) is 2.67. The molecule has 0 fully saturated rings. The number of hydrogen-bond donors (Lipinski definition) is 4. The van der Waals surface area contributed by atoms with Crippen molar-refractivity contribution >= 4 is 38.0 Å². The summed E-state index contributed by atoms with van der Waals surface area (Å²) in [7, 11) is -1.60. The van der Waals surface area contributed by atoms with E-state index in [9.17, 15) is 13.5 Å². The number of aliphatic imine (C=N–C) groups is 1. The predicted octanol–water partition coefficient (Wildman–Crippen LogP) is 3.03. The standard InChI is InChI=1S/C23H29N5O3S2/c1-15(29)26-23-28-20(13-8-16-4-9-18(10-5-16)27-22(24)25-2)21(32-23)14-17-6-11-19(12-7-17)33(3,30)31/h4-7,9-12,15,29H,8,13-14H2,1-3H3,(H,26,28)(H3,24,25,27). The van der Waals surface area contributed by atoms with E-state index < -0.39 is 16.1 Å². The molecule has 0 spiro atoms. The molecule has 10 heteroatoms. The van der Waals surface area contributed by atoms with E-state index in [-0.39, 0.29) is 0 Å². The van der Waals surface area contributed by atoms with Crippen molar-refractivity contribution in [3.05, 3.63) is 70.2 Å². The molecule has 1 unspecified atom stereocenters. The maximum Gasteiger partial charge on any atom is 0.192 e. The molecule has 0 aliphatic heterocycles. The molecule has 3 aromatic rings. The van der Waals surface area contributed by atoms with Gasteiger partial charge >= 0.3 is 0 Å². The van der Waals surface area contributed by atoms with E-state index in [0.717, 1.165) is 40.2 Å². The number of sulfone groups is 1. The van der Waals surface area contributed by atoms with Gasteiger partial charge in [0, 0.05) is 30.3 Å². The van der Waals surface area contributed by atoms with E-state index in [1.165, 1.54) is 17.6 Å². The first-order valence-electron chi connectivity index (χ1n) is 10.4. The Bertz CT molecular complexity index is 1200. The maximum atomic E-state index is 11.7. The van der Waals surface area contributed by atoms with Gasteiger partial charge in [0.05, 0.1) is 10.6 Å². The molecule has 0 saturated carbocycles. The number of nitrogens with zero attached hydrogens (tertiary/aromatic N) is 2. The van der Waals surface area contributed by atoms with Gasteiger partial charge < -0.3 is 21.5 Å². The van der Waals surface area contributed by atoms with Crippen LogP contribution in [0.5, 0.6) is 0 Å². The lowest BCUT2D eigenvalue weighted by Gasteiger charge is -2.07. The highest BCUT2D eigenvalue weighted by Crippen LogP contribution is 2.28. The number of rotatable bonds is 9. The second-order valence-electron chi connectivity index (χ2n) is 7.73. The Morgan fingerprint density at radius 3 is 2.33 bits per heavy atom. The number of benzene rings is 2. The fraction of sp³-hybridized carbons (Fsp3) is 0.304. The Hall–Kier alpha value is -2.95. The third-order valence-electron chi connectivity index (χ3n) is 4.94. The number of aryl methyl sites for hydroxylation is 2. The van der Waals surface area contributed by atoms with Crippen LogP contribution in [0.3, 0.4) is 0 Å². The molecule has 0 amide bonds. The quantitative estimate of drug-likeness (QED) is 0.207. The SMILES string of the molecule is CN=C(N)Nc1ccc(CCc2nc(NC(C)O)sc2Cc2ccc(S(C)(=O)=O)cc2)cc1. The fourth-order valence-corrected chi connectivity index (χ4v) is 4.97. The van der Waals surface area contributed by atoms with Crippen LogP contribution >= 0.6 is 11.3 Å². The second kappa shape index (κ2) is 10.8. The summed E-state index contributed by atoms with van der Waals surface area (Å²) in [5.41, 5.74) is 9.70. The molecule has 33 heavy (non-hydrogen) atoms. The van der Waals surface area contributed by atoms with Gasteiger partial charge in [-0.3, -0.25) is 4.99 Å². The molecule has 3 rings (SSSR count). The molecule has 0 radical (unpaired) electrons. The van der Waals surface area contributed by atoms with Crippen LogP contribution in [0.25, 0.3) is 0 Å². The zero-order valence-corrected chi connectivity index (χ0v) is 20.5. The number of nitrogens with two attached hydrogens (primary N) is 1. The third kappa shape index (κ3) is 7.28. The first-order chi connectivity index (χ1) is 15.6. The Morgan fingerprint density at radius 2 is 1.76 bits per heavy atom. The van der Waals surface area contributed by atoms with Crippen LogP contribution in [0.4, 0.5) is 10.8 Å². The summed E-state index contributed by atoms with van der Waals surface area (Å²) in [4.78, 5) is 9.96. The van der Waals surface area contributed by atoms with Gasteiger partial charge in [0.25, 0.3) is 0 Å². The Morgan fingerprint density at radius 1 is 1.12 bits per heavy atom.